The molecular weight excluding hydrogens is 349 g/mol. The molecule has 0 bridgehead atoms. The molecule has 1 heterocycles. The lowest BCUT2D eigenvalue weighted by molar-refractivity contribution is 0.0649. The van der Waals surface area contributed by atoms with Crippen molar-refractivity contribution in [2.45, 2.75) is 38.3 Å². The number of carbonyl (C=O) groups excluding carboxylic acids is 1. The molecule has 0 aliphatic heterocycles. The van der Waals surface area contributed by atoms with Gasteiger partial charge >= 0.3 is 0 Å². The van der Waals surface area contributed by atoms with Crippen LogP contribution in [0.3, 0.4) is 0 Å². The van der Waals surface area contributed by atoms with Crippen LogP contribution in [0.25, 0.3) is 0 Å². The van der Waals surface area contributed by atoms with Crippen LogP contribution in [0.1, 0.15) is 41.8 Å². The van der Waals surface area contributed by atoms with Crippen molar-refractivity contribution < 1.29 is 13.9 Å². The topological polar surface area (TPSA) is 42.7 Å². The van der Waals surface area contributed by atoms with Crippen LogP contribution in [-0.4, -0.2) is 24.0 Å². The van der Waals surface area contributed by atoms with Crippen LogP contribution in [0.5, 0.6) is 5.75 Å². The van der Waals surface area contributed by atoms with Crippen molar-refractivity contribution in [2.75, 3.05) is 7.11 Å². The second-order valence-electron chi connectivity index (χ2n) is 5.92. The van der Waals surface area contributed by atoms with Crippen molar-refractivity contribution in [1.82, 2.24) is 4.90 Å². The van der Waals surface area contributed by atoms with Gasteiger partial charge in [0.1, 0.15) is 5.76 Å². The monoisotopic (exact) mass is 367 g/mol. The Labute approximate surface area is 151 Å². The zero-order valence-corrected chi connectivity index (χ0v) is 14.9. The first-order valence-corrected chi connectivity index (χ1v) is 8.72. The smallest absolute Gasteiger partial charge is 0.254 e. The van der Waals surface area contributed by atoms with Gasteiger partial charge in [-0.1, -0.05) is 36.0 Å². The van der Waals surface area contributed by atoms with Gasteiger partial charge in [0.25, 0.3) is 5.91 Å². The number of carbonyl (C=O) groups is 1. The highest BCUT2D eigenvalue weighted by molar-refractivity contribution is 6.37. The van der Waals surface area contributed by atoms with Gasteiger partial charge in [-0.25, -0.2) is 0 Å². The number of nitrogens with zero attached hydrogens (tertiary/aromatic N) is 1. The van der Waals surface area contributed by atoms with Gasteiger partial charge in [0.05, 0.1) is 30.0 Å². The minimum Gasteiger partial charge on any atom is -0.494 e. The van der Waals surface area contributed by atoms with E-state index in [1.165, 1.54) is 7.11 Å². The maximum absolute atomic E-state index is 13.1. The Morgan fingerprint density at radius 3 is 2.50 bits per heavy atom. The zero-order valence-electron chi connectivity index (χ0n) is 13.4. The Hall–Kier alpha value is -1.65. The molecule has 128 valence electrons. The fourth-order valence-electron chi connectivity index (χ4n) is 3.20. The van der Waals surface area contributed by atoms with E-state index in [2.05, 4.69) is 0 Å². The van der Waals surface area contributed by atoms with Crippen LogP contribution >= 0.6 is 23.2 Å². The van der Waals surface area contributed by atoms with Crippen LogP contribution < -0.4 is 4.74 Å². The van der Waals surface area contributed by atoms with E-state index < -0.39 is 0 Å². The third-order valence-electron chi connectivity index (χ3n) is 4.38. The van der Waals surface area contributed by atoms with Gasteiger partial charge in [0.15, 0.2) is 5.75 Å². The fraction of sp³-hybridized carbons (Fsp3) is 0.389. The molecule has 4 nitrogen and oxygen atoms in total. The van der Waals surface area contributed by atoms with Gasteiger partial charge in [0.2, 0.25) is 0 Å². The normalized spacial score (nSPS) is 14.8. The summed E-state index contributed by atoms with van der Waals surface area (Å²) >= 11 is 12.4. The second-order valence-corrected chi connectivity index (χ2v) is 6.74. The SMILES string of the molecule is COc1c(Cl)cc(C(=O)N(Cc2ccco2)C2CCCC2)cc1Cl. The molecule has 1 fully saturated rings. The first-order valence-electron chi connectivity index (χ1n) is 7.96. The molecule has 0 unspecified atom stereocenters. The van der Waals surface area contributed by atoms with Crippen LogP contribution in [0.4, 0.5) is 0 Å². The predicted molar refractivity (Wildman–Crippen MR) is 93.9 cm³/mol. The molecule has 3 rings (SSSR count). The number of methoxy groups -OCH3 is 1. The first kappa shape index (κ1) is 17.2. The first-order chi connectivity index (χ1) is 11.6. The molecule has 1 aliphatic rings. The maximum atomic E-state index is 13.1. The quantitative estimate of drug-likeness (QED) is 0.730. The lowest BCUT2D eigenvalue weighted by atomic mass is 10.1. The molecule has 1 aromatic carbocycles. The predicted octanol–water partition coefficient (Wildman–Crippen LogP) is 5.18. The number of benzene rings is 1. The van der Waals surface area contributed by atoms with Gasteiger partial charge < -0.3 is 14.1 Å². The van der Waals surface area contributed by atoms with E-state index in [1.54, 1.807) is 18.4 Å². The van der Waals surface area contributed by atoms with Gasteiger partial charge in [0, 0.05) is 11.6 Å². The van der Waals surface area contributed by atoms with E-state index in [-0.39, 0.29) is 11.9 Å². The minimum absolute atomic E-state index is 0.0928. The Morgan fingerprint density at radius 2 is 1.96 bits per heavy atom. The number of halogens is 2. The number of hydrogen-bond donors (Lipinski definition) is 0. The Kier molecular flexibility index (Phi) is 5.36. The van der Waals surface area contributed by atoms with E-state index in [4.69, 9.17) is 32.4 Å². The van der Waals surface area contributed by atoms with E-state index >= 15 is 0 Å². The molecule has 0 N–H and O–H groups in total. The summed E-state index contributed by atoms with van der Waals surface area (Å²) in [6, 6.07) is 7.14. The van der Waals surface area contributed by atoms with E-state index in [1.807, 2.05) is 17.0 Å². The molecule has 6 heteroatoms. The average molecular weight is 368 g/mol. The van der Waals surface area contributed by atoms with E-state index in [9.17, 15) is 4.79 Å². The summed E-state index contributed by atoms with van der Waals surface area (Å²) in [5, 5.41) is 0.662. The van der Waals surface area contributed by atoms with Crippen molar-refractivity contribution in [3.05, 3.63) is 51.9 Å². The van der Waals surface area contributed by atoms with Crippen LogP contribution in [0.15, 0.2) is 34.9 Å². The summed E-state index contributed by atoms with van der Waals surface area (Å²) in [5.41, 5.74) is 0.462. The number of furan rings is 1. The largest absolute Gasteiger partial charge is 0.494 e. The molecular formula is C18H19Cl2NO3. The summed E-state index contributed by atoms with van der Waals surface area (Å²) in [7, 11) is 1.50. The third kappa shape index (κ3) is 3.55. The van der Waals surface area contributed by atoms with Crippen molar-refractivity contribution >= 4 is 29.1 Å². The standard InChI is InChI=1S/C18H19Cl2NO3/c1-23-17-15(19)9-12(10-16(17)20)18(22)21(13-5-2-3-6-13)11-14-7-4-8-24-14/h4,7-10,13H,2-3,5-6,11H2,1H3. The molecule has 1 aromatic heterocycles. The lowest BCUT2D eigenvalue weighted by Crippen LogP contribution is -2.38. The van der Waals surface area contributed by atoms with Crippen molar-refractivity contribution in [3.8, 4) is 5.75 Å². The molecule has 0 spiro atoms. The summed E-state index contributed by atoms with van der Waals surface area (Å²) in [6.07, 6.45) is 5.90. The fourth-order valence-corrected chi connectivity index (χ4v) is 3.84. The highest BCUT2D eigenvalue weighted by Gasteiger charge is 2.29. The van der Waals surface area contributed by atoms with Gasteiger partial charge in [-0.3, -0.25) is 4.79 Å². The molecule has 2 aromatic rings. The van der Waals surface area contributed by atoms with Gasteiger partial charge in [-0.05, 0) is 37.1 Å². The Morgan fingerprint density at radius 1 is 1.29 bits per heavy atom. The summed E-state index contributed by atoms with van der Waals surface area (Å²) < 4.78 is 10.6. The molecule has 1 aliphatic carbocycles. The van der Waals surface area contributed by atoms with Gasteiger partial charge in [-0.2, -0.15) is 0 Å². The molecule has 1 amide bonds. The third-order valence-corrected chi connectivity index (χ3v) is 4.94. The minimum atomic E-state index is -0.0928. The van der Waals surface area contributed by atoms with E-state index in [0.29, 0.717) is 27.9 Å². The molecule has 0 saturated heterocycles. The van der Waals surface area contributed by atoms with Crippen molar-refractivity contribution in [2.24, 2.45) is 0 Å². The lowest BCUT2D eigenvalue weighted by Gasteiger charge is -2.28. The van der Waals surface area contributed by atoms with Crippen molar-refractivity contribution in [1.29, 1.82) is 0 Å². The second kappa shape index (κ2) is 7.49. The average Bonchev–Trinajstić information content (AvgIpc) is 3.25. The summed E-state index contributed by atoms with van der Waals surface area (Å²) in [4.78, 5) is 14.9. The van der Waals surface area contributed by atoms with Crippen LogP contribution in [-0.2, 0) is 6.54 Å². The highest BCUT2D eigenvalue weighted by atomic mass is 35.5. The summed E-state index contributed by atoms with van der Waals surface area (Å²) in [5.74, 6) is 1.05. The molecule has 0 atom stereocenters. The molecule has 0 radical (unpaired) electrons. The molecule has 24 heavy (non-hydrogen) atoms. The Balaban J connectivity index is 1.90. The zero-order chi connectivity index (χ0) is 17.1. The number of rotatable bonds is 5. The van der Waals surface area contributed by atoms with Gasteiger partial charge in [-0.15, -0.1) is 0 Å². The van der Waals surface area contributed by atoms with Crippen LogP contribution in [0, 0.1) is 0 Å². The maximum Gasteiger partial charge on any atom is 0.254 e. The number of amides is 1. The molecule has 1 saturated carbocycles. The number of hydrogen-bond acceptors (Lipinski definition) is 3. The Bertz CT molecular complexity index is 686. The van der Waals surface area contributed by atoms with Crippen LogP contribution in [0.2, 0.25) is 10.0 Å². The summed E-state index contributed by atoms with van der Waals surface area (Å²) in [6.45, 7) is 0.442. The number of ether oxygens (including phenoxy) is 1. The van der Waals surface area contributed by atoms with Crippen molar-refractivity contribution in [3.63, 3.8) is 0 Å². The van der Waals surface area contributed by atoms with E-state index in [0.717, 1.165) is 31.4 Å². The highest BCUT2D eigenvalue weighted by Crippen LogP contribution is 2.35.